The van der Waals surface area contributed by atoms with Gasteiger partial charge in [0.05, 0.1) is 0 Å². The van der Waals surface area contributed by atoms with Gasteiger partial charge in [-0.3, -0.25) is 0 Å². The number of anilines is 1. The van der Waals surface area contributed by atoms with Crippen molar-refractivity contribution in [3.05, 3.63) is 30.3 Å². The Morgan fingerprint density at radius 2 is 1.76 bits per heavy atom. The first-order valence-electron chi connectivity index (χ1n) is 6.40. The van der Waals surface area contributed by atoms with E-state index < -0.39 is 0 Å². The lowest BCUT2D eigenvalue weighted by atomic mass is 9.81. The summed E-state index contributed by atoms with van der Waals surface area (Å²) in [5, 5.41) is 0. The van der Waals surface area contributed by atoms with Crippen LogP contribution in [0.25, 0.3) is 0 Å². The summed E-state index contributed by atoms with van der Waals surface area (Å²) in [6.45, 7) is 11.2. The molecule has 0 aromatic heterocycles. The van der Waals surface area contributed by atoms with Crippen LogP contribution in [0.5, 0.6) is 0 Å². The fraction of sp³-hybridized carbons (Fsp3) is 0.600. The second kappa shape index (κ2) is 6.34. The summed E-state index contributed by atoms with van der Waals surface area (Å²) in [5.74, 6) is 1.54. The third kappa shape index (κ3) is 4.27. The Hall–Kier alpha value is -0.630. The van der Waals surface area contributed by atoms with Crippen molar-refractivity contribution in [1.82, 2.24) is 0 Å². The molecule has 96 valence electrons. The van der Waals surface area contributed by atoms with Crippen LogP contribution < -0.4 is 4.90 Å². The molecule has 17 heavy (non-hydrogen) atoms. The van der Waals surface area contributed by atoms with E-state index >= 15 is 0 Å². The molecule has 1 aromatic carbocycles. The number of rotatable bonds is 5. The van der Waals surface area contributed by atoms with Gasteiger partial charge in [0.1, 0.15) is 0 Å². The second-order valence-electron chi connectivity index (χ2n) is 5.62. The van der Waals surface area contributed by atoms with E-state index in [-0.39, 0.29) is 0 Å². The van der Waals surface area contributed by atoms with Gasteiger partial charge in [-0.15, -0.1) is 0 Å². The zero-order valence-electron chi connectivity index (χ0n) is 11.5. The average molecular weight is 251 g/mol. The Balaban J connectivity index is 2.76. The van der Waals surface area contributed by atoms with E-state index in [0.717, 1.165) is 18.8 Å². The summed E-state index contributed by atoms with van der Waals surface area (Å²) >= 11 is 4.51. The highest BCUT2D eigenvalue weighted by atomic mass is 32.1. The van der Waals surface area contributed by atoms with Gasteiger partial charge in [0.25, 0.3) is 0 Å². The maximum Gasteiger partial charge on any atom is 0.0366 e. The molecule has 0 bridgehead atoms. The first-order valence-corrected chi connectivity index (χ1v) is 7.03. The summed E-state index contributed by atoms with van der Waals surface area (Å²) in [6.07, 6.45) is 0. The van der Waals surface area contributed by atoms with E-state index in [9.17, 15) is 0 Å². The van der Waals surface area contributed by atoms with Gasteiger partial charge >= 0.3 is 0 Å². The third-order valence-electron chi connectivity index (χ3n) is 3.39. The minimum atomic E-state index is 0.309. The summed E-state index contributed by atoms with van der Waals surface area (Å²) in [6, 6.07) is 10.6. The van der Waals surface area contributed by atoms with Gasteiger partial charge in [0.15, 0.2) is 0 Å². The number of hydrogen-bond donors (Lipinski definition) is 1. The van der Waals surface area contributed by atoms with E-state index in [1.54, 1.807) is 0 Å². The van der Waals surface area contributed by atoms with Gasteiger partial charge in [-0.1, -0.05) is 39.0 Å². The normalized spacial score (nSPS) is 13.5. The zero-order chi connectivity index (χ0) is 12.9. The van der Waals surface area contributed by atoms with Crippen molar-refractivity contribution >= 4 is 18.3 Å². The van der Waals surface area contributed by atoms with Gasteiger partial charge in [-0.05, 0) is 36.1 Å². The molecule has 0 amide bonds. The molecule has 0 saturated heterocycles. The van der Waals surface area contributed by atoms with Crippen LogP contribution >= 0.6 is 12.6 Å². The Morgan fingerprint density at radius 1 is 1.18 bits per heavy atom. The third-order valence-corrected chi connectivity index (χ3v) is 3.83. The van der Waals surface area contributed by atoms with Crippen molar-refractivity contribution < 1.29 is 0 Å². The molecule has 0 aliphatic rings. The summed E-state index contributed by atoms with van der Waals surface area (Å²) in [7, 11) is 0. The van der Waals surface area contributed by atoms with Crippen LogP contribution in [0.15, 0.2) is 30.3 Å². The molecule has 0 N–H and O–H groups in total. The molecule has 0 aliphatic carbocycles. The fourth-order valence-corrected chi connectivity index (χ4v) is 2.59. The summed E-state index contributed by atoms with van der Waals surface area (Å²) in [5.41, 5.74) is 1.62. The van der Waals surface area contributed by atoms with E-state index in [1.165, 1.54) is 5.69 Å². The standard InChI is InChI=1S/C15H25NS/c1-5-16(14-9-7-6-8-10-14)11-13(12-17)15(2,3)4/h6-10,13,17H,5,11-12H2,1-4H3. The van der Waals surface area contributed by atoms with E-state index in [1.807, 2.05) is 0 Å². The van der Waals surface area contributed by atoms with Gasteiger partial charge in [0, 0.05) is 18.8 Å². The minimum Gasteiger partial charge on any atom is -0.371 e. The quantitative estimate of drug-likeness (QED) is 0.771. The van der Waals surface area contributed by atoms with Crippen molar-refractivity contribution in [3.63, 3.8) is 0 Å². The van der Waals surface area contributed by atoms with Crippen molar-refractivity contribution in [2.45, 2.75) is 27.7 Å². The molecule has 1 atom stereocenters. The van der Waals surface area contributed by atoms with Crippen molar-refractivity contribution in [1.29, 1.82) is 0 Å². The van der Waals surface area contributed by atoms with E-state index in [4.69, 9.17) is 0 Å². The highest BCUT2D eigenvalue weighted by Crippen LogP contribution is 2.29. The van der Waals surface area contributed by atoms with Crippen LogP contribution in [0.4, 0.5) is 5.69 Å². The Labute approximate surface area is 112 Å². The Bertz CT molecular complexity index is 315. The lowest BCUT2D eigenvalue weighted by molar-refractivity contribution is 0.270. The van der Waals surface area contributed by atoms with E-state index in [2.05, 4.69) is 75.6 Å². The highest BCUT2D eigenvalue weighted by Gasteiger charge is 2.25. The molecule has 0 aliphatic heterocycles. The van der Waals surface area contributed by atoms with Crippen molar-refractivity contribution in [2.75, 3.05) is 23.7 Å². The van der Waals surface area contributed by atoms with Crippen LogP contribution in [0.3, 0.4) is 0 Å². The lowest BCUT2D eigenvalue weighted by Gasteiger charge is -2.35. The van der Waals surface area contributed by atoms with Crippen LogP contribution in [-0.2, 0) is 0 Å². The number of nitrogens with zero attached hydrogens (tertiary/aromatic N) is 1. The predicted octanol–water partition coefficient (Wildman–Crippen LogP) is 4.11. The fourth-order valence-electron chi connectivity index (χ4n) is 1.93. The molecular weight excluding hydrogens is 226 g/mol. The zero-order valence-corrected chi connectivity index (χ0v) is 12.4. The largest absolute Gasteiger partial charge is 0.371 e. The maximum absolute atomic E-state index is 4.51. The number of benzene rings is 1. The van der Waals surface area contributed by atoms with Crippen LogP contribution in [-0.4, -0.2) is 18.8 Å². The molecule has 1 rings (SSSR count). The van der Waals surface area contributed by atoms with Crippen molar-refractivity contribution in [2.24, 2.45) is 11.3 Å². The van der Waals surface area contributed by atoms with Gasteiger partial charge in [-0.25, -0.2) is 0 Å². The molecule has 0 heterocycles. The van der Waals surface area contributed by atoms with Crippen molar-refractivity contribution in [3.8, 4) is 0 Å². The van der Waals surface area contributed by atoms with Gasteiger partial charge in [-0.2, -0.15) is 12.6 Å². The smallest absolute Gasteiger partial charge is 0.0366 e. The van der Waals surface area contributed by atoms with Gasteiger partial charge in [0.2, 0.25) is 0 Å². The molecule has 0 saturated carbocycles. The maximum atomic E-state index is 4.51. The number of thiol groups is 1. The molecule has 1 unspecified atom stereocenters. The molecule has 2 heteroatoms. The first-order chi connectivity index (χ1) is 7.99. The van der Waals surface area contributed by atoms with Crippen LogP contribution in [0.2, 0.25) is 0 Å². The lowest BCUT2D eigenvalue weighted by Crippen LogP contribution is -2.36. The predicted molar refractivity (Wildman–Crippen MR) is 81.1 cm³/mol. The van der Waals surface area contributed by atoms with E-state index in [0.29, 0.717) is 11.3 Å². The Morgan fingerprint density at radius 3 is 2.18 bits per heavy atom. The molecule has 0 radical (unpaired) electrons. The SMILES string of the molecule is CCN(CC(CS)C(C)(C)C)c1ccccc1. The monoisotopic (exact) mass is 251 g/mol. The summed E-state index contributed by atoms with van der Waals surface area (Å²) < 4.78 is 0. The second-order valence-corrected chi connectivity index (χ2v) is 5.98. The number of para-hydroxylation sites is 1. The first kappa shape index (κ1) is 14.4. The molecule has 1 nitrogen and oxygen atoms in total. The van der Waals surface area contributed by atoms with Crippen LogP contribution in [0, 0.1) is 11.3 Å². The Kier molecular flexibility index (Phi) is 5.38. The molecular formula is C15H25NS. The molecule has 1 aromatic rings. The molecule has 0 fully saturated rings. The number of hydrogen-bond acceptors (Lipinski definition) is 2. The average Bonchev–Trinajstić information content (AvgIpc) is 2.30. The molecule has 0 spiro atoms. The topological polar surface area (TPSA) is 3.24 Å². The minimum absolute atomic E-state index is 0.309. The van der Waals surface area contributed by atoms with Crippen LogP contribution in [0.1, 0.15) is 27.7 Å². The van der Waals surface area contributed by atoms with Gasteiger partial charge < -0.3 is 4.90 Å². The highest BCUT2D eigenvalue weighted by molar-refractivity contribution is 7.80. The summed E-state index contributed by atoms with van der Waals surface area (Å²) in [4.78, 5) is 2.44.